The molecule has 0 bridgehead atoms. The minimum atomic E-state index is -0.428. The van der Waals surface area contributed by atoms with E-state index < -0.39 is 5.82 Å². The number of likely N-dealkylation sites (tertiary alicyclic amines) is 1. The number of carbonyl (C=O) groups excluding carboxylic acids is 1. The fourth-order valence-corrected chi connectivity index (χ4v) is 3.41. The second kappa shape index (κ2) is 7.03. The number of urea groups is 1. The number of benzene rings is 1. The molecule has 2 aliphatic heterocycles. The summed E-state index contributed by atoms with van der Waals surface area (Å²) < 4.78 is 19.0. The van der Waals surface area contributed by atoms with Gasteiger partial charge < -0.3 is 15.0 Å². The zero-order valence-corrected chi connectivity index (χ0v) is 13.9. The SMILES string of the molecule is CN1CC[C@@H](NC(=O)N2CCOCC2)[C@H]1c1ccc(Cl)c(F)c1. The normalized spacial score (nSPS) is 25.6. The van der Waals surface area contributed by atoms with E-state index in [2.05, 4.69) is 10.2 Å². The molecule has 0 spiro atoms. The van der Waals surface area contributed by atoms with E-state index in [9.17, 15) is 9.18 Å². The average Bonchev–Trinajstić information content (AvgIpc) is 2.91. The third-order valence-electron chi connectivity index (χ3n) is 4.54. The number of hydrogen-bond donors (Lipinski definition) is 1. The van der Waals surface area contributed by atoms with Gasteiger partial charge in [-0.3, -0.25) is 4.90 Å². The van der Waals surface area contributed by atoms with Gasteiger partial charge in [0.1, 0.15) is 5.82 Å². The first-order chi connectivity index (χ1) is 11.1. The van der Waals surface area contributed by atoms with Gasteiger partial charge in [-0.25, -0.2) is 9.18 Å². The van der Waals surface area contributed by atoms with Crippen LogP contribution in [0.4, 0.5) is 9.18 Å². The van der Waals surface area contributed by atoms with E-state index in [1.165, 1.54) is 6.07 Å². The van der Waals surface area contributed by atoms with Crippen LogP contribution in [0.25, 0.3) is 0 Å². The Kier molecular flexibility index (Phi) is 5.04. The molecule has 0 aliphatic carbocycles. The average molecular weight is 342 g/mol. The number of amides is 2. The maximum atomic E-state index is 13.8. The first kappa shape index (κ1) is 16.5. The molecule has 23 heavy (non-hydrogen) atoms. The lowest BCUT2D eigenvalue weighted by molar-refractivity contribution is 0.0521. The van der Waals surface area contributed by atoms with E-state index in [1.807, 2.05) is 13.1 Å². The molecule has 2 fully saturated rings. The van der Waals surface area contributed by atoms with Crippen molar-refractivity contribution < 1.29 is 13.9 Å². The number of nitrogens with one attached hydrogen (secondary N) is 1. The van der Waals surface area contributed by atoms with Crippen molar-refractivity contribution in [3.63, 3.8) is 0 Å². The number of likely N-dealkylation sites (N-methyl/N-ethyl adjacent to an activating group) is 1. The molecular weight excluding hydrogens is 321 g/mol. The van der Waals surface area contributed by atoms with E-state index in [0.717, 1.165) is 18.5 Å². The third-order valence-corrected chi connectivity index (χ3v) is 4.85. The Hall–Kier alpha value is -1.37. The molecule has 0 saturated carbocycles. The Balaban J connectivity index is 1.72. The number of morpholine rings is 1. The monoisotopic (exact) mass is 341 g/mol. The van der Waals surface area contributed by atoms with Crippen LogP contribution in [0.5, 0.6) is 0 Å². The molecule has 2 amide bonds. The highest BCUT2D eigenvalue weighted by Crippen LogP contribution is 2.32. The Labute approximate surface area is 140 Å². The predicted molar refractivity (Wildman–Crippen MR) is 86.1 cm³/mol. The molecule has 0 unspecified atom stereocenters. The molecule has 3 rings (SSSR count). The first-order valence-electron chi connectivity index (χ1n) is 7.84. The quantitative estimate of drug-likeness (QED) is 0.897. The topological polar surface area (TPSA) is 44.8 Å². The lowest BCUT2D eigenvalue weighted by Crippen LogP contribution is -2.50. The lowest BCUT2D eigenvalue weighted by atomic mass is 10.00. The van der Waals surface area contributed by atoms with E-state index in [-0.39, 0.29) is 23.1 Å². The molecule has 1 aromatic rings. The summed E-state index contributed by atoms with van der Waals surface area (Å²) >= 11 is 5.77. The van der Waals surface area contributed by atoms with Gasteiger partial charge in [0.2, 0.25) is 0 Å². The van der Waals surface area contributed by atoms with Crippen LogP contribution >= 0.6 is 11.6 Å². The van der Waals surface area contributed by atoms with Gasteiger partial charge in [-0.2, -0.15) is 0 Å². The van der Waals surface area contributed by atoms with Gasteiger partial charge in [0.05, 0.1) is 30.3 Å². The molecule has 2 aliphatic rings. The van der Waals surface area contributed by atoms with Crippen LogP contribution in [-0.4, -0.2) is 61.8 Å². The Morgan fingerprint density at radius 3 is 2.78 bits per heavy atom. The van der Waals surface area contributed by atoms with Crippen LogP contribution in [0.1, 0.15) is 18.0 Å². The van der Waals surface area contributed by atoms with Crippen LogP contribution in [0, 0.1) is 5.82 Å². The minimum Gasteiger partial charge on any atom is -0.378 e. The van der Waals surface area contributed by atoms with E-state index in [0.29, 0.717) is 26.3 Å². The van der Waals surface area contributed by atoms with Gasteiger partial charge in [-0.05, 0) is 31.2 Å². The van der Waals surface area contributed by atoms with E-state index in [4.69, 9.17) is 16.3 Å². The molecule has 126 valence electrons. The number of nitrogens with zero attached hydrogens (tertiary/aromatic N) is 2. The van der Waals surface area contributed by atoms with Gasteiger partial charge in [-0.15, -0.1) is 0 Å². The molecule has 1 aromatic carbocycles. The van der Waals surface area contributed by atoms with Crippen molar-refractivity contribution in [3.05, 3.63) is 34.6 Å². The second-order valence-electron chi connectivity index (χ2n) is 6.04. The van der Waals surface area contributed by atoms with E-state index >= 15 is 0 Å². The fourth-order valence-electron chi connectivity index (χ4n) is 3.30. The first-order valence-corrected chi connectivity index (χ1v) is 8.22. The molecular formula is C16H21ClFN3O2. The zero-order valence-electron chi connectivity index (χ0n) is 13.1. The Morgan fingerprint density at radius 2 is 2.09 bits per heavy atom. The Bertz CT molecular complexity index is 580. The summed E-state index contributed by atoms with van der Waals surface area (Å²) in [5.41, 5.74) is 0.833. The molecule has 2 heterocycles. The zero-order chi connectivity index (χ0) is 16.4. The van der Waals surface area contributed by atoms with Crippen molar-refractivity contribution in [2.24, 2.45) is 0 Å². The summed E-state index contributed by atoms with van der Waals surface area (Å²) in [6, 6.07) is 4.68. The van der Waals surface area contributed by atoms with Gasteiger partial charge >= 0.3 is 6.03 Å². The largest absolute Gasteiger partial charge is 0.378 e. The fraction of sp³-hybridized carbons (Fsp3) is 0.562. The van der Waals surface area contributed by atoms with Crippen molar-refractivity contribution in [3.8, 4) is 0 Å². The van der Waals surface area contributed by atoms with Crippen LogP contribution in [0.15, 0.2) is 18.2 Å². The summed E-state index contributed by atoms with van der Waals surface area (Å²) in [5.74, 6) is -0.428. The van der Waals surface area contributed by atoms with Crippen LogP contribution in [0.2, 0.25) is 5.02 Å². The maximum absolute atomic E-state index is 13.8. The third kappa shape index (κ3) is 3.59. The summed E-state index contributed by atoms with van der Waals surface area (Å²) in [5, 5.41) is 3.21. The van der Waals surface area contributed by atoms with Gasteiger partial charge in [0.15, 0.2) is 0 Å². The molecule has 2 atom stereocenters. The van der Waals surface area contributed by atoms with Gasteiger partial charge in [0.25, 0.3) is 0 Å². The summed E-state index contributed by atoms with van der Waals surface area (Å²) in [6.07, 6.45) is 0.835. The molecule has 0 aromatic heterocycles. The van der Waals surface area contributed by atoms with Crippen LogP contribution in [-0.2, 0) is 4.74 Å². The number of carbonyl (C=O) groups is 1. The summed E-state index contributed by atoms with van der Waals surface area (Å²) in [7, 11) is 1.98. The second-order valence-corrected chi connectivity index (χ2v) is 6.45. The molecule has 0 radical (unpaired) electrons. The summed E-state index contributed by atoms with van der Waals surface area (Å²) in [4.78, 5) is 16.3. The van der Waals surface area contributed by atoms with Crippen LogP contribution in [0.3, 0.4) is 0 Å². The van der Waals surface area contributed by atoms with Crippen molar-refractivity contribution in [1.82, 2.24) is 15.1 Å². The molecule has 1 N–H and O–H groups in total. The number of halogens is 2. The maximum Gasteiger partial charge on any atom is 0.317 e. The number of ether oxygens (including phenoxy) is 1. The highest BCUT2D eigenvalue weighted by Gasteiger charge is 2.35. The predicted octanol–water partition coefficient (Wildman–Crippen LogP) is 2.27. The standard InChI is InChI=1S/C16H21ClFN3O2/c1-20-5-4-14(19-16(22)21-6-8-23-9-7-21)15(20)11-2-3-12(17)13(18)10-11/h2-3,10,14-15H,4-9H2,1H3,(H,19,22)/t14-,15-/m1/s1. The molecule has 5 nitrogen and oxygen atoms in total. The van der Waals surface area contributed by atoms with Crippen LogP contribution < -0.4 is 5.32 Å². The van der Waals surface area contributed by atoms with Crippen molar-refractivity contribution >= 4 is 17.6 Å². The minimum absolute atomic E-state index is 0.0454. The van der Waals surface area contributed by atoms with Gasteiger partial charge in [0, 0.05) is 19.6 Å². The molecule has 7 heteroatoms. The van der Waals surface area contributed by atoms with Crippen molar-refractivity contribution in [2.75, 3.05) is 39.9 Å². The number of rotatable bonds is 2. The lowest BCUT2D eigenvalue weighted by Gasteiger charge is -2.31. The van der Waals surface area contributed by atoms with Gasteiger partial charge in [-0.1, -0.05) is 17.7 Å². The van der Waals surface area contributed by atoms with Crippen molar-refractivity contribution in [2.45, 2.75) is 18.5 Å². The van der Waals surface area contributed by atoms with Crippen molar-refractivity contribution in [1.29, 1.82) is 0 Å². The van der Waals surface area contributed by atoms with E-state index in [1.54, 1.807) is 11.0 Å². The Morgan fingerprint density at radius 1 is 1.35 bits per heavy atom. The highest BCUT2D eigenvalue weighted by atomic mass is 35.5. The molecule has 2 saturated heterocycles. The summed E-state index contributed by atoms with van der Waals surface area (Å²) in [6.45, 7) is 3.21. The highest BCUT2D eigenvalue weighted by molar-refractivity contribution is 6.30. The smallest absolute Gasteiger partial charge is 0.317 e. The number of hydrogen-bond acceptors (Lipinski definition) is 3.